The number of nitrogens with one attached hydrogen (secondary N) is 1. The molecule has 0 fully saturated rings. The van der Waals surface area contributed by atoms with Gasteiger partial charge in [0.15, 0.2) is 0 Å². The van der Waals surface area contributed by atoms with Crippen molar-refractivity contribution in [3.8, 4) is 5.75 Å². The van der Waals surface area contributed by atoms with Crippen LogP contribution in [0.3, 0.4) is 0 Å². The van der Waals surface area contributed by atoms with Crippen molar-refractivity contribution >= 4 is 0 Å². The Labute approximate surface area is 127 Å². The van der Waals surface area contributed by atoms with Crippen LogP contribution in [0, 0.1) is 0 Å². The average molecular weight is 287 g/mol. The lowest BCUT2D eigenvalue weighted by atomic mass is 10.1. The highest BCUT2D eigenvalue weighted by Gasteiger charge is 2.07. The molecule has 0 radical (unpaired) electrons. The van der Waals surface area contributed by atoms with Crippen molar-refractivity contribution in [3.05, 3.63) is 47.5 Å². The van der Waals surface area contributed by atoms with Crippen molar-refractivity contribution < 1.29 is 4.74 Å². The largest absolute Gasteiger partial charge is 0.496 e. The Balaban J connectivity index is 2.14. The molecule has 0 aliphatic carbocycles. The first-order valence-corrected chi connectivity index (χ1v) is 7.65. The number of ether oxygens (including phenoxy) is 1. The van der Waals surface area contributed by atoms with Gasteiger partial charge in [0.25, 0.3) is 0 Å². The molecule has 0 bridgehead atoms. The van der Waals surface area contributed by atoms with Crippen molar-refractivity contribution in [3.63, 3.8) is 0 Å². The van der Waals surface area contributed by atoms with Gasteiger partial charge in [0.05, 0.1) is 7.11 Å². The number of hydrogen-bond donors (Lipinski definition) is 1. The quantitative estimate of drug-likeness (QED) is 0.759. The number of methoxy groups -OCH3 is 1. The van der Waals surface area contributed by atoms with Crippen LogP contribution in [0.2, 0.25) is 0 Å². The van der Waals surface area contributed by atoms with E-state index in [1.807, 2.05) is 12.4 Å². The Hall–Kier alpha value is -1.81. The van der Waals surface area contributed by atoms with E-state index < -0.39 is 0 Å². The van der Waals surface area contributed by atoms with E-state index in [4.69, 9.17) is 4.74 Å². The van der Waals surface area contributed by atoms with E-state index in [-0.39, 0.29) is 0 Å². The van der Waals surface area contributed by atoms with Gasteiger partial charge >= 0.3 is 0 Å². The van der Waals surface area contributed by atoms with Crippen molar-refractivity contribution in [2.45, 2.75) is 39.8 Å². The monoisotopic (exact) mass is 287 g/mol. The summed E-state index contributed by atoms with van der Waals surface area (Å²) in [4.78, 5) is 4.45. The molecule has 4 heteroatoms. The van der Waals surface area contributed by atoms with E-state index >= 15 is 0 Å². The third-order valence-electron chi connectivity index (χ3n) is 3.59. The second-order valence-corrected chi connectivity index (χ2v) is 5.13. The zero-order valence-corrected chi connectivity index (χ0v) is 13.2. The maximum atomic E-state index is 5.45. The van der Waals surface area contributed by atoms with Gasteiger partial charge in [0.1, 0.15) is 11.6 Å². The molecule has 0 saturated heterocycles. The van der Waals surface area contributed by atoms with Crippen LogP contribution in [0.4, 0.5) is 0 Å². The molecule has 1 heterocycles. The lowest BCUT2D eigenvalue weighted by Crippen LogP contribution is -2.14. The number of aryl methyl sites for hydroxylation is 1. The fourth-order valence-corrected chi connectivity index (χ4v) is 2.46. The number of imidazole rings is 1. The number of hydrogen-bond acceptors (Lipinski definition) is 3. The van der Waals surface area contributed by atoms with Gasteiger partial charge in [-0.3, -0.25) is 0 Å². The minimum absolute atomic E-state index is 0.840. The summed E-state index contributed by atoms with van der Waals surface area (Å²) in [6, 6.07) is 6.39. The number of rotatable bonds is 8. The summed E-state index contributed by atoms with van der Waals surface area (Å²) < 4.78 is 7.63. The van der Waals surface area contributed by atoms with Crippen LogP contribution < -0.4 is 10.1 Å². The lowest BCUT2D eigenvalue weighted by Gasteiger charge is -2.12. The minimum atomic E-state index is 0.840. The van der Waals surface area contributed by atoms with Crippen molar-refractivity contribution in [2.75, 3.05) is 13.7 Å². The van der Waals surface area contributed by atoms with Crippen molar-refractivity contribution in [2.24, 2.45) is 0 Å². The van der Waals surface area contributed by atoms with Gasteiger partial charge in [0, 0.05) is 37.5 Å². The van der Waals surface area contributed by atoms with Crippen LogP contribution in [0.15, 0.2) is 30.6 Å². The van der Waals surface area contributed by atoms with Gasteiger partial charge in [-0.05, 0) is 31.5 Å². The molecule has 2 rings (SSSR count). The topological polar surface area (TPSA) is 39.1 Å². The SMILES string of the molecule is CCCNCc1cc(Cc2nccn2CC)ccc1OC. The van der Waals surface area contributed by atoms with Crippen LogP contribution in [0.1, 0.15) is 37.2 Å². The first kappa shape index (κ1) is 15.6. The molecule has 1 aromatic carbocycles. The fourth-order valence-electron chi connectivity index (χ4n) is 2.46. The zero-order chi connectivity index (χ0) is 15.1. The highest BCUT2D eigenvalue weighted by Crippen LogP contribution is 2.21. The number of benzene rings is 1. The third kappa shape index (κ3) is 4.08. The summed E-state index contributed by atoms with van der Waals surface area (Å²) in [5.74, 6) is 2.05. The number of nitrogens with zero attached hydrogens (tertiary/aromatic N) is 2. The molecule has 21 heavy (non-hydrogen) atoms. The second kappa shape index (κ2) is 7.84. The van der Waals surface area contributed by atoms with Crippen LogP contribution in [-0.4, -0.2) is 23.2 Å². The second-order valence-electron chi connectivity index (χ2n) is 5.13. The minimum Gasteiger partial charge on any atom is -0.496 e. The normalized spacial score (nSPS) is 10.8. The highest BCUT2D eigenvalue weighted by atomic mass is 16.5. The molecule has 1 aromatic heterocycles. The maximum absolute atomic E-state index is 5.45. The van der Waals surface area contributed by atoms with E-state index in [1.54, 1.807) is 7.11 Å². The van der Waals surface area contributed by atoms with E-state index in [0.29, 0.717) is 0 Å². The summed E-state index contributed by atoms with van der Waals surface area (Å²) in [6.45, 7) is 7.13. The molecule has 0 aliphatic heterocycles. The average Bonchev–Trinajstić information content (AvgIpc) is 2.95. The van der Waals surface area contributed by atoms with Crippen LogP contribution >= 0.6 is 0 Å². The molecule has 1 N–H and O–H groups in total. The molecule has 114 valence electrons. The molecule has 0 saturated carbocycles. The molecule has 4 nitrogen and oxygen atoms in total. The molecule has 0 aliphatic rings. The molecule has 0 unspecified atom stereocenters. The Morgan fingerprint density at radius 3 is 2.86 bits per heavy atom. The van der Waals surface area contributed by atoms with Crippen LogP contribution in [0.5, 0.6) is 5.75 Å². The van der Waals surface area contributed by atoms with Crippen LogP contribution in [0.25, 0.3) is 0 Å². The molecular formula is C17H25N3O. The first-order valence-electron chi connectivity index (χ1n) is 7.65. The van der Waals surface area contributed by atoms with Gasteiger partial charge in [-0.2, -0.15) is 0 Å². The first-order chi connectivity index (χ1) is 10.3. The molecule has 0 atom stereocenters. The Bertz CT molecular complexity index is 563. The summed E-state index contributed by atoms with van der Waals surface area (Å²) in [5, 5.41) is 3.43. The molecule has 0 spiro atoms. The Morgan fingerprint density at radius 1 is 1.29 bits per heavy atom. The van der Waals surface area contributed by atoms with Crippen molar-refractivity contribution in [1.82, 2.24) is 14.9 Å². The fraction of sp³-hybridized carbons (Fsp3) is 0.471. The van der Waals surface area contributed by atoms with Crippen LogP contribution in [-0.2, 0) is 19.5 Å². The van der Waals surface area contributed by atoms with E-state index in [9.17, 15) is 0 Å². The third-order valence-corrected chi connectivity index (χ3v) is 3.59. The molecular weight excluding hydrogens is 262 g/mol. The van der Waals surface area contributed by atoms with Gasteiger partial charge in [-0.25, -0.2) is 4.98 Å². The van der Waals surface area contributed by atoms with E-state index in [1.165, 1.54) is 11.1 Å². The number of aromatic nitrogens is 2. The molecule has 0 amide bonds. The van der Waals surface area contributed by atoms with Gasteiger partial charge < -0.3 is 14.6 Å². The lowest BCUT2D eigenvalue weighted by molar-refractivity contribution is 0.407. The summed E-state index contributed by atoms with van der Waals surface area (Å²) in [5.41, 5.74) is 2.48. The van der Waals surface area contributed by atoms with Gasteiger partial charge in [0.2, 0.25) is 0 Å². The zero-order valence-electron chi connectivity index (χ0n) is 13.2. The predicted molar refractivity (Wildman–Crippen MR) is 85.7 cm³/mol. The van der Waals surface area contributed by atoms with E-state index in [0.717, 1.165) is 44.0 Å². The summed E-state index contributed by atoms with van der Waals surface area (Å²) in [6.07, 6.45) is 5.89. The van der Waals surface area contributed by atoms with Crippen molar-refractivity contribution in [1.29, 1.82) is 0 Å². The summed E-state index contributed by atoms with van der Waals surface area (Å²) >= 11 is 0. The maximum Gasteiger partial charge on any atom is 0.123 e. The summed E-state index contributed by atoms with van der Waals surface area (Å²) in [7, 11) is 1.72. The van der Waals surface area contributed by atoms with Gasteiger partial charge in [-0.15, -0.1) is 0 Å². The molecule has 2 aromatic rings. The van der Waals surface area contributed by atoms with Gasteiger partial charge in [-0.1, -0.05) is 19.1 Å². The standard InChI is InChI=1S/C17H25N3O/c1-4-8-18-13-15-11-14(6-7-16(15)21-3)12-17-19-9-10-20(17)5-2/h6-7,9-11,18H,4-5,8,12-13H2,1-3H3. The Kier molecular flexibility index (Phi) is 5.81. The smallest absolute Gasteiger partial charge is 0.123 e. The van der Waals surface area contributed by atoms with E-state index in [2.05, 4.69) is 46.9 Å². The highest BCUT2D eigenvalue weighted by molar-refractivity contribution is 5.38. The predicted octanol–water partition coefficient (Wildman–Crippen LogP) is 3.00. The Morgan fingerprint density at radius 2 is 2.14 bits per heavy atom.